The predicted molar refractivity (Wildman–Crippen MR) is 94.1 cm³/mol. The van der Waals surface area contributed by atoms with Gasteiger partial charge >= 0.3 is 18.0 Å². The summed E-state index contributed by atoms with van der Waals surface area (Å²) >= 11 is 0. The fourth-order valence-corrected chi connectivity index (χ4v) is 3.06. The summed E-state index contributed by atoms with van der Waals surface area (Å²) in [7, 11) is 0. The van der Waals surface area contributed by atoms with E-state index in [1.807, 2.05) is 0 Å². The number of amides is 1. The van der Waals surface area contributed by atoms with Crippen molar-refractivity contribution >= 4 is 18.0 Å². The number of aliphatic carboxylic acids is 1. The van der Waals surface area contributed by atoms with Gasteiger partial charge in [0.25, 0.3) is 0 Å². The van der Waals surface area contributed by atoms with Crippen molar-refractivity contribution in [2.24, 2.45) is 5.92 Å². The van der Waals surface area contributed by atoms with Crippen LogP contribution in [0.3, 0.4) is 0 Å². The van der Waals surface area contributed by atoms with Crippen molar-refractivity contribution in [2.45, 2.75) is 39.2 Å². The average molecular weight is 363 g/mol. The SMILES string of the molecule is CCOC(=O)c1ccccc1C1CN(C(=O)OC(C)(C)C)CC1C(=O)O. The molecule has 0 spiro atoms. The Hall–Kier alpha value is -2.57. The molecular weight excluding hydrogens is 338 g/mol. The minimum absolute atomic E-state index is 0.0338. The molecule has 0 saturated carbocycles. The number of hydrogen-bond donors (Lipinski definition) is 1. The first-order valence-corrected chi connectivity index (χ1v) is 8.60. The molecule has 1 aromatic carbocycles. The van der Waals surface area contributed by atoms with Crippen molar-refractivity contribution in [3.05, 3.63) is 35.4 Å². The largest absolute Gasteiger partial charge is 0.481 e. The maximum atomic E-state index is 12.3. The van der Waals surface area contributed by atoms with Crippen LogP contribution in [0.15, 0.2) is 24.3 Å². The van der Waals surface area contributed by atoms with Crippen molar-refractivity contribution < 1.29 is 29.0 Å². The number of carbonyl (C=O) groups is 3. The smallest absolute Gasteiger partial charge is 0.410 e. The van der Waals surface area contributed by atoms with Crippen molar-refractivity contribution in [1.29, 1.82) is 0 Å². The lowest BCUT2D eigenvalue weighted by molar-refractivity contribution is -0.141. The third-order valence-corrected chi connectivity index (χ3v) is 4.14. The van der Waals surface area contributed by atoms with Gasteiger partial charge in [-0.1, -0.05) is 18.2 Å². The van der Waals surface area contributed by atoms with Crippen LogP contribution >= 0.6 is 0 Å². The molecule has 1 fully saturated rings. The molecule has 2 atom stereocenters. The molecule has 142 valence electrons. The lowest BCUT2D eigenvalue weighted by Crippen LogP contribution is -2.35. The highest BCUT2D eigenvalue weighted by Gasteiger charge is 2.43. The number of esters is 1. The second kappa shape index (κ2) is 7.76. The summed E-state index contributed by atoms with van der Waals surface area (Å²) in [5.74, 6) is -2.85. The second-order valence-corrected chi connectivity index (χ2v) is 7.24. The zero-order chi connectivity index (χ0) is 19.5. The Kier molecular flexibility index (Phi) is 5.90. The molecule has 1 saturated heterocycles. The average Bonchev–Trinajstić information content (AvgIpc) is 2.99. The van der Waals surface area contributed by atoms with E-state index in [-0.39, 0.29) is 19.7 Å². The summed E-state index contributed by atoms with van der Waals surface area (Å²) in [5.41, 5.74) is 0.234. The number of carboxylic acids is 1. The molecule has 0 radical (unpaired) electrons. The number of carboxylic acid groups (broad SMARTS) is 1. The molecule has 1 aliphatic heterocycles. The van der Waals surface area contributed by atoms with Crippen molar-refractivity contribution in [3.8, 4) is 0 Å². The number of rotatable bonds is 4. The third-order valence-electron chi connectivity index (χ3n) is 4.14. The van der Waals surface area contributed by atoms with Crippen LogP contribution in [-0.2, 0) is 14.3 Å². The number of carbonyl (C=O) groups excluding carboxylic acids is 2. The molecule has 1 aromatic rings. The molecule has 0 aliphatic carbocycles. The summed E-state index contributed by atoms with van der Waals surface area (Å²) in [6.45, 7) is 7.40. The molecule has 2 rings (SSSR count). The number of benzene rings is 1. The maximum absolute atomic E-state index is 12.3. The summed E-state index contributed by atoms with van der Waals surface area (Å²) in [4.78, 5) is 37.7. The molecule has 1 amide bonds. The van der Waals surface area contributed by atoms with Gasteiger partial charge < -0.3 is 19.5 Å². The van der Waals surface area contributed by atoms with Crippen LogP contribution in [0.1, 0.15) is 49.5 Å². The number of likely N-dealkylation sites (tertiary alicyclic amines) is 1. The minimum atomic E-state index is -1.01. The Morgan fingerprint density at radius 2 is 1.85 bits per heavy atom. The lowest BCUT2D eigenvalue weighted by Gasteiger charge is -2.24. The van der Waals surface area contributed by atoms with Gasteiger partial charge in [0, 0.05) is 19.0 Å². The predicted octanol–water partition coefficient (Wildman–Crippen LogP) is 2.90. The highest BCUT2D eigenvalue weighted by Crippen LogP contribution is 2.35. The Morgan fingerprint density at radius 1 is 1.19 bits per heavy atom. The molecule has 0 bridgehead atoms. The minimum Gasteiger partial charge on any atom is -0.481 e. The van der Waals surface area contributed by atoms with Gasteiger partial charge in [0.1, 0.15) is 5.60 Å². The number of hydrogen-bond acceptors (Lipinski definition) is 5. The van der Waals surface area contributed by atoms with Gasteiger partial charge in [0.2, 0.25) is 0 Å². The topological polar surface area (TPSA) is 93.1 Å². The van der Waals surface area contributed by atoms with Crippen LogP contribution in [0.2, 0.25) is 0 Å². The van der Waals surface area contributed by atoms with Crippen LogP contribution < -0.4 is 0 Å². The second-order valence-electron chi connectivity index (χ2n) is 7.24. The number of nitrogens with zero attached hydrogens (tertiary/aromatic N) is 1. The summed E-state index contributed by atoms with van der Waals surface area (Å²) < 4.78 is 10.4. The van der Waals surface area contributed by atoms with E-state index in [0.29, 0.717) is 11.1 Å². The Bertz CT molecular complexity index is 694. The molecule has 1 heterocycles. The van der Waals surface area contributed by atoms with Crippen LogP contribution in [-0.4, -0.2) is 53.3 Å². The normalized spacial score (nSPS) is 19.9. The first kappa shape index (κ1) is 19.8. The zero-order valence-corrected chi connectivity index (χ0v) is 15.5. The van der Waals surface area contributed by atoms with E-state index >= 15 is 0 Å². The molecule has 26 heavy (non-hydrogen) atoms. The van der Waals surface area contributed by atoms with E-state index in [1.54, 1.807) is 52.0 Å². The molecule has 0 aromatic heterocycles. The van der Waals surface area contributed by atoms with Gasteiger partial charge in [-0.3, -0.25) is 4.79 Å². The van der Waals surface area contributed by atoms with Crippen molar-refractivity contribution in [1.82, 2.24) is 4.90 Å². The molecule has 1 N–H and O–H groups in total. The van der Waals surface area contributed by atoms with Gasteiger partial charge in [-0.2, -0.15) is 0 Å². The van der Waals surface area contributed by atoms with Gasteiger partial charge in [0.05, 0.1) is 18.1 Å². The van der Waals surface area contributed by atoms with Gasteiger partial charge in [-0.25, -0.2) is 9.59 Å². The molecule has 7 heteroatoms. The van der Waals surface area contributed by atoms with E-state index in [2.05, 4.69) is 0 Å². The highest BCUT2D eigenvalue weighted by molar-refractivity contribution is 5.91. The van der Waals surface area contributed by atoms with E-state index in [9.17, 15) is 19.5 Å². The van der Waals surface area contributed by atoms with Crippen LogP contribution in [0.25, 0.3) is 0 Å². The maximum Gasteiger partial charge on any atom is 0.410 e. The quantitative estimate of drug-likeness (QED) is 0.827. The van der Waals surface area contributed by atoms with E-state index in [4.69, 9.17) is 9.47 Å². The zero-order valence-electron chi connectivity index (χ0n) is 15.5. The van der Waals surface area contributed by atoms with E-state index in [0.717, 1.165) is 0 Å². The molecule has 7 nitrogen and oxygen atoms in total. The lowest BCUT2D eigenvalue weighted by atomic mass is 9.86. The molecule has 2 unspecified atom stereocenters. The van der Waals surface area contributed by atoms with Gasteiger partial charge in [0.15, 0.2) is 0 Å². The fraction of sp³-hybridized carbons (Fsp3) is 0.526. The third kappa shape index (κ3) is 4.53. The Morgan fingerprint density at radius 3 is 2.42 bits per heavy atom. The first-order valence-electron chi connectivity index (χ1n) is 8.60. The summed E-state index contributed by atoms with van der Waals surface area (Å²) in [6, 6.07) is 6.77. The highest BCUT2D eigenvalue weighted by atomic mass is 16.6. The molecular formula is C19H25NO6. The van der Waals surface area contributed by atoms with Crippen LogP contribution in [0, 0.1) is 5.92 Å². The van der Waals surface area contributed by atoms with E-state index in [1.165, 1.54) is 4.90 Å². The Balaban J connectivity index is 2.32. The Labute approximate surface area is 152 Å². The van der Waals surface area contributed by atoms with Crippen molar-refractivity contribution in [2.75, 3.05) is 19.7 Å². The monoisotopic (exact) mass is 363 g/mol. The van der Waals surface area contributed by atoms with Crippen molar-refractivity contribution in [3.63, 3.8) is 0 Å². The van der Waals surface area contributed by atoms with Crippen LogP contribution in [0.5, 0.6) is 0 Å². The first-order chi connectivity index (χ1) is 12.1. The molecule has 1 aliphatic rings. The van der Waals surface area contributed by atoms with E-state index < -0.39 is 35.5 Å². The number of ether oxygens (including phenoxy) is 2. The fourth-order valence-electron chi connectivity index (χ4n) is 3.06. The summed E-state index contributed by atoms with van der Waals surface area (Å²) in [6.07, 6.45) is -0.556. The van der Waals surface area contributed by atoms with Gasteiger partial charge in [-0.05, 0) is 39.3 Å². The standard InChI is InChI=1S/C19H25NO6/c1-5-25-17(23)13-9-7-6-8-12(13)14-10-20(11-15(14)16(21)22)18(24)26-19(2,3)4/h6-9,14-15H,5,10-11H2,1-4H3,(H,21,22). The van der Waals surface area contributed by atoms with Gasteiger partial charge in [-0.15, -0.1) is 0 Å². The summed E-state index contributed by atoms with van der Waals surface area (Å²) in [5, 5.41) is 9.62. The van der Waals surface area contributed by atoms with Crippen LogP contribution in [0.4, 0.5) is 4.79 Å².